The first-order chi connectivity index (χ1) is 8.94. The van der Waals surface area contributed by atoms with Crippen LogP contribution in [0.5, 0.6) is 0 Å². The van der Waals surface area contributed by atoms with Crippen LogP contribution in [0.25, 0.3) is 0 Å². The van der Waals surface area contributed by atoms with Crippen molar-refractivity contribution in [2.45, 2.75) is 58.6 Å². The van der Waals surface area contributed by atoms with E-state index in [1.54, 1.807) is 6.08 Å². The van der Waals surface area contributed by atoms with Crippen LogP contribution in [0.4, 0.5) is 4.79 Å². The Morgan fingerprint density at radius 2 is 1.80 bits per heavy atom. The quantitative estimate of drug-likeness (QED) is 0.534. The van der Waals surface area contributed by atoms with Gasteiger partial charge >= 0.3 is 6.09 Å². The molecule has 0 radical (unpaired) electrons. The van der Waals surface area contributed by atoms with Crippen molar-refractivity contribution in [2.75, 3.05) is 6.54 Å². The molecule has 0 aromatic heterocycles. The Kier molecular flexibility index (Phi) is 6.74. The lowest BCUT2D eigenvalue weighted by atomic mass is 10.1. The van der Waals surface area contributed by atoms with Gasteiger partial charge in [0.25, 0.3) is 0 Å². The summed E-state index contributed by atoms with van der Waals surface area (Å²) in [6, 6.07) is 0. The van der Waals surface area contributed by atoms with E-state index in [0.717, 1.165) is 0 Å². The first-order valence-corrected chi connectivity index (χ1v) is 10.7. The van der Waals surface area contributed by atoms with Crippen molar-refractivity contribution >= 4 is 14.2 Å². The van der Waals surface area contributed by atoms with Crippen LogP contribution in [0.2, 0.25) is 19.6 Å². The van der Waals surface area contributed by atoms with Crippen LogP contribution in [0.3, 0.4) is 0 Å². The summed E-state index contributed by atoms with van der Waals surface area (Å²) in [5.74, 6) is 0.231. The molecule has 3 nitrogen and oxygen atoms in total. The number of nitrogens with zero attached hydrogens (tertiary/aromatic N) is 1. The van der Waals surface area contributed by atoms with Crippen LogP contribution in [-0.2, 0) is 4.74 Å². The van der Waals surface area contributed by atoms with Gasteiger partial charge in [0, 0.05) is 12.2 Å². The third-order valence-electron chi connectivity index (χ3n) is 3.05. The van der Waals surface area contributed by atoms with Crippen molar-refractivity contribution in [1.82, 2.24) is 4.90 Å². The molecule has 0 aromatic carbocycles. The van der Waals surface area contributed by atoms with Crippen LogP contribution < -0.4 is 0 Å². The SMILES string of the molecule is C=CCN(C(=O)OC(C)(C)C)C([C@@H](C)C=C)[Si](C)(C)C. The van der Waals surface area contributed by atoms with Crippen molar-refractivity contribution in [3.05, 3.63) is 25.3 Å². The Hall–Kier alpha value is -1.03. The molecular weight excluding hydrogens is 266 g/mol. The molecular formula is C16H31NO2Si. The molecule has 0 fully saturated rings. The molecule has 0 N–H and O–H groups in total. The van der Waals surface area contributed by atoms with Crippen molar-refractivity contribution in [3.63, 3.8) is 0 Å². The fourth-order valence-electron chi connectivity index (χ4n) is 2.43. The van der Waals surface area contributed by atoms with Gasteiger partial charge in [-0.15, -0.1) is 13.2 Å². The topological polar surface area (TPSA) is 29.5 Å². The number of ether oxygens (including phenoxy) is 1. The lowest BCUT2D eigenvalue weighted by molar-refractivity contribution is 0.0216. The summed E-state index contributed by atoms with van der Waals surface area (Å²) in [4.78, 5) is 14.3. The van der Waals surface area contributed by atoms with Gasteiger partial charge in [0.2, 0.25) is 0 Å². The highest BCUT2D eigenvalue weighted by atomic mass is 28.3. The summed E-state index contributed by atoms with van der Waals surface area (Å²) in [6.07, 6.45) is 3.41. The number of rotatable bonds is 6. The monoisotopic (exact) mass is 297 g/mol. The molecule has 0 heterocycles. The van der Waals surface area contributed by atoms with Crippen molar-refractivity contribution < 1.29 is 9.53 Å². The summed E-state index contributed by atoms with van der Waals surface area (Å²) in [7, 11) is -1.60. The highest BCUT2D eigenvalue weighted by Crippen LogP contribution is 2.25. The number of hydrogen-bond donors (Lipinski definition) is 0. The van der Waals surface area contributed by atoms with E-state index in [2.05, 4.69) is 39.7 Å². The molecule has 0 aromatic rings. The van der Waals surface area contributed by atoms with E-state index in [0.29, 0.717) is 6.54 Å². The van der Waals surface area contributed by atoms with Gasteiger partial charge in [-0.25, -0.2) is 4.79 Å². The standard InChI is InChI=1S/C16H31NO2Si/c1-10-12-17(15(18)19-16(4,5)6)14(13(3)11-2)20(7,8)9/h10-11,13-14H,1-2,12H2,3-9H3/t13-,14?/m0/s1. The summed E-state index contributed by atoms with van der Waals surface area (Å²) in [5, 5.41) is 0. The van der Waals surface area contributed by atoms with Crippen LogP contribution >= 0.6 is 0 Å². The Morgan fingerprint density at radius 1 is 1.30 bits per heavy atom. The molecule has 0 aliphatic rings. The third kappa shape index (κ3) is 5.95. The smallest absolute Gasteiger partial charge is 0.410 e. The molecule has 0 saturated heterocycles. The molecule has 4 heteroatoms. The van der Waals surface area contributed by atoms with Gasteiger partial charge in [-0.3, -0.25) is 0 Å². The average molecular weight is 298 g/mol. The van der Waals surface area contributed by atoms with Gasteiger partial charge in [-0.05, 0) is 26.7 Å². The molecule has 0 rings (SSSR count). The summed E-state index contributed by atoms with van der Waals surface area (Å²) in [5.41, 5.74) is -0.342. The molecule has 1 amide bonds. The van der Waals surface area contributed by atoms with E-state index in [9.17, 15) is 4.79 Å². The Labute approximate surface area is 125 Å². The van der Waals surface area contributed by atoms with Gasteiger partial charge in [-0.1, -0.05) is 38.7 Å². The fraction of sp³-hybridized carbons (Fsp3) is 0.688. The number of carbonyl (C=O) groups excluding carboxylic acids is 1. The van der Waals surface area contributed by atoms with E-state index < -0.39 is 13.7 Å². The molecule has 0 bridgehead atoms. The second-order valence-electron chi connectivity index (χ2n) is 7.33. The second-order valence-corrected chi connectivity index (χ2v) is 12.7. The molecule has 0 saturated carbocycles. The van der Waals surface area contributed by atoms with Gasteiger partial charge in [0.15, 0.2) is 0 Å². The molecule has 0 aliphatic heterocycles. The zero-order valence-electron chi connectivity index (χ0n) is 14.2. The Bertz CT molecular complexity index is 352. The number of amides is 1. The first kappa shape index (κ1) is 19.0. The normalized spacial score (nSPS) is 15.2. The van der Waals surface area contributed by atoms with Crippen LogP contribution in [0.15, 0.2) is 25.3 Å². The van der Waals surface area contributed by atoms with Crippen LogP contribution in [-0.4, -0.2) is 36.9 Å². The van der Waals surface area contributed by atoms with E-state index >= 15 is 0 Å². The zero-order chi connectivity index (χ0) is 16.1. The van der Waals surface area contributed by atoms with Crippen molar-refractivity contribution in [3.8, 4) is 0 Å². The summed E-state index contributed by atoms with van der Waals surface area (Å²) < 4.78 is 5.55. The first-order valence-electron chi connectivity index (χ1n) is 7.17. The van der Waals surface area contributed by atoms with E-state index in [-0.39, 0.29) is 17.7 Å². The van der Waals surface area contributed by atoms with Crippen LogP contribution in [0.1, 0.15) is 27.7 Å². The molecule has 20 heavy (non-hydrogen) atoms. The molecule has 116 valence electrons. The zero-order valence-corrected chi connectivity index (χ0v) is 15.2. The highest BCUT2D eigenvalue weighted by Gasteiger charge is 2.38. The predicted octanol–water partition coefficient (Wildman–Crippen LogP) is 4.48. The fourth-order valence-corrected chi connectivity index (χ4v) is 5.29. The van der Waals surface area contributed by atoms with E-state index in [1.165, 1.54) is 0 Å². The summed E-state index contributed by atoms with van der Waals surface area (Å²) >= 11 is 0. The average Bonchev–Trinajstić information content (AvgIpc) is 2.23. The lowest BCUT2D eigenvalue weighted by Gasteiger charge is -2.42. The molecule has 1 unspecified atom stereocenters. The Balaban J connectivity index is 5.43. The second kappa shape index (κ2) is 7.11. The summed E-state index contributed by atoms with van der Waals surface area (Å²) in [6.45, 7) is 22.7. The maximum atomic E-state index is 12.5. The van der Waals surface area contributed by atoms with Crippen molar-refractivity contribution in [1.29, 1.82) is 0 Å². The third-order valence-corrected chi connectivity index (χ3v) is 5.66. The Morgan fingerprint density at radius 3 is 2.10 bits per heavy atom. The maximum Gasteiger partial charge on any atom is 0.410 e. The van der Waals surface area contributed by atoms with E-state index in [4.69, 9.17) is 4.74 Å². The molecule has 2 atom stereocenters. The van der Waals surface area contributed by atoms with Gasteiger partial charge in [-0.2, -0.15) is 0 Å². The molecule has 0 spiro atoms. The predicted molar refractivity (Wildman–Crippen MR) is 89.6 cm³/mol. The van der Waals surface area contributed by atoms with Gasteiger partial charge < -0.3 is 9.64 Å². The minimum Gasteiger partial charge on any atom is -0.444 e. The number of hydrogen-bond acceptors (Lipinski definition) is 2. The maximum absolute atomic E-state index is 12.5. The lowest BCUT2D eigenvalue weighted by Crippen LogP contribution is -2.57. The van der Waals surface area contributed by atoms with Gasteiger partial charge in [0.05, 0.1) is 8.07 Å². The minimum atomic E-state index is -1.60. The van der Waals surface area contributed by atoms with Gasteiger partial charge in [0.1, 0.15) is 5.60 Å². The minimum absolute atomic E-state index is 0.146. The number of carbonyl (C=O) groups is 1. The van der Waals surface area contributed by atoms with Crippen molar-refractivity contribution in [2.24, 2.45) is 5.92 Å². The van der Waals surface area contributed by atoms with E-state index in [1.807, 2.05) is 31.7 Å². The van der Waals surface area contributed by atoms with Crippen LogP contribution in [0, 0.1) is 5.92 Å². The largest absolute Gasteiger partial charge is 0.444 e. The molecule has 0 aliphatic carbocycles. The highest BCUT2D eigenvalue weighted by molar-refractivity contribution is 6.77.